The van der Waals surface area contributed by atoms with E-state index in [1.54, 1.807) is 0 Å². The summed E-state index contributed by atoms with van der Waals surface area (Å²) in [6.45, 7) is 7.09. The number of piperidine rings is 1. The molecule has 1 aliphatic rings. The van der Waals surface area contributed by atoms with E-state index in [9.17, 15) is 8.42 Å². The van der Waals surface area contributed by atoms with Crippen LogP contribution in [-0.2, 0) is 10.0 Å². The first kappa shape index (κ1) is 11.9. The van der Waals surface area contributed by atoms with Gasteiger partial charge >= 0.3 is 0 Å². The number of sulfonamides is 1. The Labute approximate surface area is 86.5 Å². The Balaban J connectivity index is 2.64. The van der Waals surface area contributed by atoms with Crippen LogP contribution < -0.4 is 10.0 Å². The lowest BCUT2D eigenvalue weighted by Gasteiger charge is -2.27. The summed E-state index contributed by atoms with van der Waals surface area (Å²) in [6.07, 6.45) is 1.70. The van der Waals surface area contributed by atoms with Crippen molar-refractivity contribution in [2.24, 2.45) is 0 Å². The van der Waals surface area contributed by atoms with Crippen LogP contribution in [0.1, 0.15) is 33.6 Å². The van der Waals surface area contributed by atoms with Crippen LogP contribution >= 0.6 is 0 Å². The second-order valence-electron chi connectivity index (χ2n) is 4.87. The quantitative estimate of drug-likeness (QED) is 0.710. The summed E-state index contributed by atoms with van der Waals surface area (Å²) >= 11 is 0. The van der Waals surface area contributed by atoms with E-state index in [0.717, 1.165) is 19.4 Å². The molecule has 1 unspecified atom stereocenters. The number of hydrogen-bond acceptors (Lipinski definition) is 3. The molecule has 1 rings (SSSR count). The Morgan fingerprint density at radius 3 is 2.43 bits per heavy atom. The molecule has 1 aliphatic heterocycles. The van der Waals surface area contributed by atoms with Crippen molar-refractivity contribution in [1.29, 1.82) is 0 Å². The summed E-state index contributed by atoms with van der Waals surface area (Å²) in [5.74, 6) is 0. The second kappa shape index (κ2) is 4.16. The van der Waals surface area contributed by atoms with E-state index in [0.29, 0.717) is 6.54 Å². The van der Waals surface area contributed by atoms with Crippen LogP contribution in [0.4, 0.5) is 0 Å². The molecule has 1 fully saturated rings. The Morgan fingerprint density at radius 1 is 1.36 bits per heavy atom. The van der Waals surface area contributed by atoms with Crippen molar-refractivity contribution in [3.8, 4) is 0 Å². The molecule has 0 aromatic heterocycles. The van der Waals surface area contributed by atoms with Crippen LogP contribution in [0.2, 0.25) is 0 Å². The van der Waals surface area contributed by atoms with Gasteiger partial charge in [0, 0.05) is 12.1 Å². The fraction of sp³-hybridized carbons (Fsp3) is 1.00. The zero-order chi connectivity index (χ0) is 10.8. The molecule has 0 aromatic carbocycles. The van der Waals surface area contributed by atoms with Gasteiger partial charge in [0.2, 0.25) is 10.0 Å². The average molecular weight is 220 g/mol. The Morgan fingerprint density at radius 2 is 2.00 bits per heavy atom. The normalized spacial score (nSPS) is 24.9. The first-order valence-corrected chi connectivity index (χ1v) is 6.59. The summed E-state index contributed by atoms with van der Waals surface area (Å²) in [4.78, 5) is 0. The van der Waals surface area contributed by atoms with Crippen molar-refractivity contribution in [1.82, 2.24) is 10.0 Å². The van der Waals surface area contributed by atoms with Gasteiger partial charge in [0.15, 0.2) is 0 Å². The van der Waals surface area contributed by atoms with Gasteiger partial charge in [-0.25, -0.2) is 13.1 Å². The molecule has 1 atom stereocenters. The van der Waals surface area contributed by atoms with Crippen LogP contribution in [0.3, 0.4) is 0 Å². The van der Waals surface area contributed by atoms with Gasteiger partial charge in [0.25, 0.3) is 0 Å². The summed E-state index contributed by atoms with van der Waals surface area (Å²) < 4.78 is 26.4. The summed E-state index contributed by atoms with van der Waals surface area (Å²) in [7, 11) is -3.15. The first-order valence-electron chi connectivity index (χ1n) is 5.05. The van der Waals surface area contributed by atoms with Crippen LogP contribution in [0.15, 0.2) is 0 Å². The fourth-order valence-electron chi connectivity index (χ4n) is 1.59. The minimum absolute atomic E-state index is 0.268. The van der Waals surface area contributed by atoms with E-state index in [1.165, 1.54) is 0 Å². The van der Waals surface area contributed by atoms with Gasteiger partial charge in [-0.05, 0) is 40.2 Å². The minimum atomic E-state index is -3.15. The third kappa shape index (κ3) is 3.55. The van der Waals surface area contributed by atoms with Crippen LogP contribution in [0.25, 0.3) is 0 Å². The lowest BCUT2D eigenvalue weighted by Crippen LogP contribution is -2.50. The van der Waals surface area contributed by atoms with E-state index < -0.39 is 10.0 Å². The van der Waals surface area contributed by atoms with Gasteiger partial charge in [-0.3, -0.25) is 0 Å². The van der Waals surface area contributed by atoms with Crippen LogP contribution in [0, 0.1) is 0 Å². The average Bonchev–Trinajstić information content (AvgIpc) is 2.01. The molecule has 0 saturated carbocycles. The highest BCUT2D eigenvalue weighted by atomic mass is 32.2. The van der Waals surface area contributed by atoms with Gasteiger partial charge in [-0.15, -0.1) is 0 Å². The molecule has 0 radical (unpaired) electrons. The van der Waals surface area contributed by atoms with Gasteiger partial charge in [-0.2, -0.15) is 0 Å². The zero-order valence-electron chi connectivity index (χ0n) is 9.13. The molecule has 0 amide bonds. The smallest absolute Gasteiger partial charge is 0.216 e. The molecule has 84 valence electrons. The van der Waals surface area contributed by atoms with Crippen molar-refractivity contribution in [3.05, 3.63) is 0 Å². The molecule has 14 heavy (non-hydrogen) atoms. The van der Waals surface area contributed by atoms with Crippen molar-refractivity contribution >= 4 is 10.0 Å². The van der Waals surface area contributed by atoms with Gasteiger partial charge < -0.3 is 5.32 Å². The lowest BCUT2D eigenvalue weighted by molar-refractivity contribution is 0.457. The molecule has 2 N–H and O–H groups in total. The number of hydrogen-bond donors (Lipinski definition) is 2. The molecule has 4 nitrogen and oxygen atoms in total. The van der Waals surface area contributed by atoms with Crippen LogP contribution in [-0.4, -0.2) is 32.3 Å². The SMILES string of the molecule is CC(C)(C)NS(=O)(=O)C1CCCNC1. The lowest BCUT2D eigenvalue weighted by atomic mass is 10.1. The molecule has 0 aromatic rings. The first-order chi connectivity index (χ1) is 6.31. The van der Waals surface area contributed by atoms with E-state index in [4.69, 9.17) is 0 Å². The van der Waals surface area contributed by atoms with Crippen molar-refractivity contribution in [2.45, 2.75) is 44.4 Å². The molecule has 0 bridgehead atoms. The van der Waals surface area contributed by atoms with E-state index in [-0.39, 0.29) is 10.8 Å². The molecular formula is C9H20N2O2S. The number of nitrogens with one attached hydrogen (secondary N) is 2. The highest BCUT2D eigenvalue weighted by molar-refractivity contribution is 7.90. The maximum Gasteiger partial charge on any atom is 0.216 e. The third-order valence-corrected chi connectivity index (χ3v) is 4.32. The zero-order valence-corrected chi connectivity index (χ0v) is 9.95. The standard InChI is InChI=1S/C9H20N2O2S/c1-9(2,3)11-14(12,13)8-5-4-6-10-7-8/h8,10-11H,4-7H2,1-3H3. The Bertz CT molecular complexity index is 274. The van der Waals surface area contributed by atoms with E-state index >= 15 is 0 Å². The molecule has 1 saturated heterocycles. The minimum Gasteiger partial charge on any atom is -0.315 e. The van der Waals surface area contributed by atoms with Crippen molar-refractivity contribution < 1.29 is 8.42 Å². The van der Waals surface area contributed by atoms with Crippen LogP contribution in [0.5, 0.6) is 0 Å². The van der Waals surface area contributed by atoms with Gasteiger partial charge in [0.05, 0.1) is 5.25 Å². The van der Waals surface area contributed by atoms with E-state index in [2.05, 4.69) is 10.0 Å². The Hall–Kier alpha value is -0.130. The summed E-state index contributed by atoms with van der Waals surface area (Å²) in [5.41, 5.74) is -0.379. The Kier molecular flexibility index (Phi) is 3.55. The molecule has 0 spiro atoms. The number of rotatable bonds is 2. The van der Waals surface area contributed by atoms with Crippen molar-refractivity contribution in [2.75, 3.05) is 13.1 Å². The summed E-state index contributed by atoms with van der Waals surface area (Å²) in [5, 5.41) is 2.84. The maximum atomic E-state index is 11.9. The van der Waals surface area contributed by atoms with E-state index in [1.807, 2.05) is 20.8 Å². The highest BCUT2D eigenvalue weighted by Crippen LogP contribution is 2.13. The maximum absolute atomic E-state index is 11.9. The monoisotopic (exact) mass is 220 g/mol. The third-order valence-electron chi connectivity index (χ3n) is 2.14. The molecule has 1 heterocycles. The molecule has 5 heteroatoms. The fourth-order valence-corrected chi connectivity index (χ4v) is 3.43. The molecular weight excluding hydrogens is 200 g/mol. The highest BCUT2D eigenvalue weighted by Gasteiger charge is 2.30. The largest absolute Gasteiger partial charge is 0.315 e. The molecule has 0 aliphatic carbocycles. The van der Waals surface area contributed by atoms with Gasteiger partial charge in [0.1, 0.15) is 0 Å². The predicted molar refractivity (Wildman–Crippen MR) is 57.7 cm³/mol. The predicted octanol–water partition coefficient (Wildman–Crippen LogP) is 0.456. The topological polar surface area (TPSA) is 58.2 Å². The van der Waals surface area contributed by atoms with Gasteiger partial charge in [-0.1, -0.05) is 0 Å². The second-order valence-corrected chi connectivity index (χ2v) is 6.83. The summed E-state index contributed by atoms with van der Waals surface area (Å²) in [6, 6.07) is 0. The van der Waals surface area contributed by atoms with Crippen molar-refractivity contribution in [3.63, 3.8) is 0 Å².